The van der Waals surface area contributed by atoms with Crippen molar-refractivity contribution in [1.82, 2.24) is 0 Å². The molecule has 0 heterocycles. The van der Waals surface area contributed by atoms with Crippen molar-refractivity contribution in [2.75, 3.05) is 15.9 Å². The molecule has 0 fully saturated rings. The summed E-state index contributed by atoms with van der Waals surface area (Å²) in [5.74, 6) is -0.458. The third kappa shape index (κ3) is 4.69. The predicted octanol–water partition coefficient (Wildman–Crippen LogP) is 4.40. The van der Waals surface area contributed by atoms with Gasteiger partial charge in [-0.3, -0.25) is 9.10 Å². The first-order valence-electron chi connectivity index (χ1n) is 7.83. The lowest BCUT2D eigenvalue weighted by molar-refractivity contribution is -0.116. The Kier molecular flexibility index (Phi) is 6.21. The van der Waals surface area contributed by atoms with Crippen LogP contribution in [0.5, 0.6) is 0 Å². The molecule has 26 heavy (non-hydrogen) atoms. The Morgan fingerprint density at radius 3 is 2.23 bits per heavy atom. The monoisotopic (exact) mass is 414 g/mol. The first-order valence-corrected chi connectivity index (χ1v) is 10.4. The summed E-state index contributed by atoms with van der Waals surface area (Å²) in [6.45, 7) is 5.34. The molecule has 2 rings (SSSR count). The molecule has 140 valence electrons. The van der Waals surface area contributed by atoms with E-state index in [0.29, 0.717) is 5.69 Å². The second kappa shape index (κ2) is 7.86. The minimum Gasteiger partial charge on any atom is -0.324 e. The molecule has 0 spiro atoms. The van der Waals surface area contributed by atoms with Gasteiger partial charge in [-0.25, -0.2) is 8.42 Å². The van der Waals surface area contributed by atoms with Crippen LogP contribution < -0.4 is 9.62 Å². The number of aryl methyl sites for hydroxylation is 1. The Morgan fingerprint density at radius 1 is 1.12 bits per heavy atom. The van der Waals surface area contributed by atoms with Crippen molar-refractivity contribution in [3.05, 3.63) is 57.6 Å². The number of amides is 1. The highest BCUT2D eigenvalue weighted by Crippen LogP contribution is 2.29. The number of anilines is 2. The number of hydrogen-bond acceptors (Lipinski definition) is 3. The van der Waals surface area contributed by atoms with Gasteiger partial charge in [0.05, 0.1) is 11.9 Å². The SMILES string of the molecule is Cc1cccc(NC(=O)[C@H](C)N(c2cc(Cl)cc(Cl)c2)S(C)(=O)=O)c1C. The number of carbonyl (C=O) groups excluding carboxylic acids is 1. The van der Waals surface area contributed by atoms with Crippen LogP contribution in [0.25, 0.3) is 0 Å². The molecule has 0 radical (unpaired) electrons. The molecule has 0 bridgehead atoms. The highest BCUT2D eigenvalue weighted by molar-refractivity contribution is 7.92. The summed E-state index contributed by atoms with van der Waals surface area (Å²) >= 11 is 12.0. The zero-order valence-corrected chi connectivity index (χ0v) is 17.2. The molecule has 2 aromatic carbocycles. The van der Waals surface area contributed by atoms with Crippen LogP contribution in [0, 0.1) is 13.8 Å². The van der Waals surface area contributed by atoms with E-state index in [0.717, 1.165) is 21.7 Å². The molecular weight excluding hydrogens is 395 g/mol. The molecular formula is C18H20Cl2N2O3S. The van der Waals surface area contributed by atoms with E-state index in [1.54, 1.807) is 6.07 Å². The Morgan fingerprint density at radius 2 is 1.69 bits per heavy atom. The van der Waals surface area contributed by atoms with Crippen LogP contribution >= 0.6 is 23.2 Å². The van der Waals surface area contributed by atoms with Crippen molar-refractivity contribution in [1.29, 1.82) is 0 Å². The molecule has 0 aliphatic rings. The normalized spacial score (nSPS) is 12.5. The summed E-state index contributed by atoms with van der Waals surface area (Å²) in [6, 6.07) is 8.94. The van der Waals surface area contributed by atoms with Gasteiger partial charge in [-0.2, -0.15) is 0 Å². The highest BCUT2D eigenvalue weighted by Gasteiger charge is 2.30. The van der Waals surface area contributed by atoms with Gasteiger partial charge in [0, 0.05) is 15.7 Å². The van der Waals surface area contributed by atoms with Crippen molar-refractivity contribution in [3.8, 4) is 0 Å². The number of nitrogens with one attached hydrogen (secondary N) is 1. The predicted molar refractivity (Wildman–Crippen MR) is 108 cm³/mol. The molecule has 5 nitrogen and oxygen atoms in total. The number of sulfonamides is 1. The lowest BCUT2D eigenvalue weighted by Crippen LogP contribution is -2.45. The average molecular weight is 415 g/mol. The molecule has 0 saturated carbocycles. The van der Waals surface area contributed by atoms with E-state index in [4.69, 9.17) is 23.2 Å². The first kappa shape index (κ1) is 20.6. The number of benzene rings is 2. The summed E-state index contributed by atoms with van der Waals surface area (Å²) < 4.78 is 25.7. The van der Waals surface area contributed by atoms with E-state index in [-0.39, 0.29) is 15.7 Å². The largest absolute Gasteiger partial charge is 0.324 e. The quantitative estimate of drug-likeness (QED) is 0.787. The van der Waals surface area contributed by atoms with Gasteiger partial charge in [0.1, 0.15) is 6.04 Å². The fourth-order valence-electron chi connectivity index (χ4n) is 2.60. The number of rotatable bonds is 5. The number of hydrogen-bond donors (Lipinski definition) is 1. The summed E-state index contributed by atoms with van der Waals surface area (Å²) in [6.07, 6.45) is 1.03. The molecule has 0 aliphatic carbocycles. The molecule has 0 saturated heterocycles. The van der Waals surface area contributed by atoms with Crippen molar-refractivity contribution in [2.45, 2.75) is 26.8 Å². The molecule has 1 atom stereocenters. The van der Waals surface area contributed by atoms with E-state index < -0.39 is 22.0 Å². The minimum atomic E-state index is -3.75. The van der Waals surface area contributed by atoms with Crippen LogP contribution in [-0.2, 0) is 14.8 Å². The number of carbonyl (C=O) groups is 1. The average Bonchev–Trinajstić information content (AvgIpc) is 2.49. The first-order chi connectivity index (χ1) is 12.0. The Hall–Kier alpha value is -1.76. The molecule has 2 aromatic rings. The van der Waals surface area contributed by atoms with E-state index >= 15 is 0 Å². The second-order valence-corrected chi connectivity index (χ2v) is 8.83. The van der Waals surface area contributed by atoms with Gasteiger partial charge >= 0.3 is 0 Å². The van der Waals surface area contributed by atoms with Gasteiger partial charge < -0.3 is 5.32 Å². The fraction of sp³-hybridized carbons (Fsp3) is 0.278. The van der Waals surface area contributed by atoms with Gasteiger partial charge in [-0.05, 0) is 56.2 Å². The molecule has 8 heteroatoms. The Bertz CT molecular complexity index is 925. The van der Waals surface area contributed by atoms with E-state index in [9.17, 15) is 13.2 Å². The van der Waals surface area contributed by atoms with Crippen LogP contribution in [0.1, 0.15) is 18.1 Å². The molecule has 0 aromatic heterocycles. The summed E-state index contributed by atoms with van der Waals surface area (Å²) in [5.41, 5.74) is 2.81. The maximum atomic E-state index is 12.7. The second-order valence-electron chi connectivity index (χ2n) is 6.10. The third-order valence-corrected chi connectivity index (χ3v) is 5.73. The van der Waals surface area contributed by atoms with Crippen molar-refractivity contribution in [2.24, 2.45) is 0 Å². The Labute approximate surface area is 164 Å². The van der Waals surface area contributed by atoms with Crippen LogP contribution in [0.15, 0.2) is 36.4 Å². The van der Waals surface area contributed by atoms with Crippen LogP contribution in [0.2, 0.25) is 10.0 Å². The molecule has 0 aliphatic heterocycles. The summed E-state index contributed by atoms with van der Waals surface area (Å²) in [4.78, 5) is 12.7. The van der Waals surface area contributed by atoms with E-state index in [1.165, 1.54) is 25.1 Å². The smallest absolute Gasteiger partial charge is 0.248 e. The van der Waals surface area contributed by atoms with Crippen molar-refractivity contribution < 1.29 is 13.2 Å². The summed E-state index contributed by atoms with van der Waals surface area (Å²) in [7, 11) is -3.75. The van der Waals surface area contributed by atoms with Crippen molar-refractivity contribution >= 4 is 50.5 Å². The standard InChI is InChI=1S/C18H20Cl2N2O3S/c1-11-6-5-7-17(12(11)2)21-18(23)13(3)22(26(4,24)25)16-9-14(19)8-15(20)10-16/h5-10,13H,1-4H3,(H,21,23)/t13-/m0/s1. The number of halogens is 2. The Balaban J connectivity index is 2.39. The topological polar surface area (TPSA) is 66.5 Å². The molecule has 1 N–H and O–H groups in total. The van der Waals surface area contributed by atoms with E-state index in [1.807, 2.05) is 26.0 Å². The van der Waals surface area contributed by atoms with Gasteiger partial charge in [0.2, 0.25) is 15.9 Å². The maximum absolute atomic E-state index is 12.7. The van der Waals surface area contributed by atoms with Crippen molar-refractivity contribution in [3.63, 3.8) is 0 Å². The van der Waals surface area contributed by atoms with E-state index in [2.05, 4.69) is 5.32 Å². The lowest BCUT2D eigenvalue weighted by atomic mass is 10.1. The maximum Gasteiger partial charge on any atom is 0.248 e. The van der Waals surface area contributed by atoms with Gasteiger partial charge in [-0.1, -0.05) is 35.3 Å². The lowest BCUT2D eigenvalue weighted by Gasteiger charge is -2.28. The molecule has 1 amide bonds. The molecule has 0 unspecified atom stereocenters. The third-order valence-electron chi connectivity index (χ3n) is 4.05. The van der Waals surface area contributed by atoms with Gasteiger partial charge in [0.15, 0.2) is 0 Å². The zero-order valence-electron chi connectivity index (χ0n) is 14.9. The highest BCUT2D eigenvalue weighted by atomic mass is 35.5. The van der Waals surface area contributed by atoms with Crippen LogP contribution in [0.3, 0.4) is 0 Å². The van der Waals surface area contributed by atoms with Crippen LogP contribution in [0.4, 0.5) is 11.4 Å². The fourth-order valence-corrected chi connectivity index (χ4v) is 4.27. The van der Waals surface area contributed by atoms with Gasteiger partial charge in [0.25, 0.3) is 0 Å². The van der Waals surface area contributed by atoms with Crippen LogP contribution in [-0.4, -0.2) is 26.6 Å². The summed E-state index contributed by atoms with van der Waals surface area (Å²) in [5, 5.41) is 3.35. The minimum absolute atomic E-state index is 0.230. The zero-order chi connectivity index (χ0) is 19.6. The van der Waals surface area contributed by atoms with Gasteiger partial charge in [-0.15, -0.1) is 0 Å². The number of nitrogens with zero attached hydrogens (tertiary/aromatic N) is 1.